The third-order valence-electron chi connectivity index (χ3n) is 16.7. The summed E-state index contributed by atoms with van der Waals surface area (Å²) < 4.78 is 58.2. The number of halogens is 2. The molecule has 0 spiro atoms. The van der Waals surface area contributed by atoms with Gasteiger partial charge in [-0.15, -0.1) is 0 Å². The minimum Gasteiger partial charge on any atom is -0.496 e. The van der Waals surface area contributed by atoms with Gasteiger partial charge in [-0.3, -0.25) is 14.4 Å². The van der Waals surface area contributed by atoms with Crippen LogP contribution in [0.5, 0.6) is 23.0 Å². The molecule has 0 saturated carbocycles. The summed E-state index contributed by atoms with van der Waals surface area (Å²) in [6, 6.07) is 40.8. The van der Waals surface area contributed by atoms with Crippen LogP contribution in [0.15, 0.2) is 179 Å². The van der Waals surface area contributed by atoms with E-state index in [0.717, 1.165) is 14.4 Å². The summed E-state index contributed by atoms with van der Waals surface area (Å²) in [5.41, 5.74) is 5.32. The molecule has 8 aromatic rings. The van der Waals surface area contributed by atoms with Gasteiger partial charge in [0.25, 0.3) is 17.7 Å². The molecular formula is C70H84B4Br2N8O17. The van der Waals surface area contributed by atoms with Gasteiger partial charge in [0.05, 0.1) is 78.7 Å². The molecule has 0 radical (unpaired) electrons. The normalized spacial score (nSPS) is 15.7. The number of benzene rings is 4. The van der Waals surface area contributed by atoms with Gasteiger partial charge in [-0.25, -0.2) is 24.7 Å². The number of rotatable bonds is 14. The maximum absolute atomic E-state index is 12.5. The molecule has 101 heavy (non-hydrogen) atoms. The highest BCUT2D eigenvalue weighted by molar-refractivity contribution is 9.10. The summed E-state index contributed by atoms with van der Waals surface area (Å²) >= 11 is 6.54. The van der Waals surface area contributed by atoms with Crippen LogP contribution in [0.2, 0.25) is 0 Å². The number of carbonyl (C=O) groups is 4. The third-order valence-corrected chi connectivity index (χ3v) is 17.7. The smallest absolute Gasteiger partial charge is 0.494 e. The predicted molar refractivity (Wildman–Crippen MR) is 397 cm³/mol. The van der Waals surface area contributed by atoms with E-state index in [2.05, 4.69) is 67.7 Å². The van der Waals surface area contributed by atoms with Crippen molar-refractivity contribution in [3.05, 3.63) is 202 Å². The number of hydrogen-bond acceptors (Lipinski definition) is 21. The highest BCUT2D eigenvalue weighted by atomic mass is 79.9. The number of hydrogen-bond donors (Lipinski definition) is 7. The minimum atomic E-state index is -1.61. The lowest BCUT2D eigenvalue weighted by molar-refractivity contribution is 0.00578. The number of anilines is 4. The molecule has 0 unspecified atom stereocenters. The van der Waals surface area contributed by atoms with Crippen LogP contribution in [0, 0.1) is 0 Å². The van der Waals surface area contributed by atoms with E-state index in [1.165, 1.54) is 52.7 Å². The van der Waals surface area contributed by atoms with E-state index >= 15 is 0 Å². The number of pyridine rings is 4. The molecule has 31 heteroatoms. The monoisotopic (exact) mass is 1510 g/mol. The van der Waals surface area contributed by atoms with Crippen molar-refractivity contribution in [2.75, 3.05) is 50.1 Å². The number of nitrogen functional groups attached to an aromatic ring is 1. The van der Waals surface area contributed by atoms with Crippen molar-refractivity contribution < 1.29 is 81.2 Å². The molecular weight excluding hydrogens is 1430 g/mol. The molecule has 3 aliphatic rings. The Morgan fingerprint density at radius 2 is 0.743 bits per heavy atom. The first-order chi connectivity index (χ1) is 47.5. The molecule has 0 bridgehead atoms. The minimum absolute atomic E-state index is 0.167. The fourth-order valence-corrected chi connectivity index (χ4v) is 9.69. The van der Waals surface area contributed by atoms with Gasteiger partial charge >= 0.3 is 34.2 Å². The lowest BCUT2D eigenvalue weighted by atomic mass is 9.49. The van der Waals surface area contributed by atoms with Crippen molar-refractivity contribution >= 4 is 118 Å². The summed E-state index contributed by atoms with van der Waals surface area (Å²) in [5.74, 6) is 1.64. The maximum atomic E-state index is 12.5. The topological polar surface area (TPSA) is 335 Å². The van der Waals surface area contributed by atoms with Gasteiger partial charge in [-0.1, -0.05) is 68.3 Å². The Bertz CT molecular complexity index is 3980. The van der Waals surface area contributed by atoms with Crippen molar-refractivity contribution in [3.8, 4) is 23.0 Å². The molecule has 3 saturated heterocycles. The van der Waals surface area contributed by atoms with Crippen LogP contribution in [-0.4, -0.2) is 149 Å². The van der Waals surface area contributed by atoms with Gasteiger partial charge < -0.3 is 83.7 Å². The summed E-state index contributed by atoms with van der Waals surface area (Å²) in [4.78, 5) is 63.2. The lowest BCUT2D eigenvalue weighted by Crippen LogP contribution is -2.41. The van der Waals surface area contributed by atoms with E-state index < -0.39 is 45.4 Å². The lowest BCUT2D eigenvalue weighted by Gasteiger charge is -2.32. The van der Waals surface area contributed by atoms with E-state index in [9.17, 15) is 19.2 Å². The van der Waals surface area contributed by atoms with E-state index in [4.69, 9.17) is 67.8 Å². The first-order valence-corrected chi connectivity index (χ1v) is 33.1. The van der Waals surface area contributed by atoms with Crippen molar-refractivity contribution in [1.82, 2.24) is 19.9 Å². The third kappa shape index (κ3) is 22.4. The summed E-state index contributed by atoms with van der Waals surface area (Å²) in [6.07, 6.45) is 6.47. The number of nitrogens with zero attached hydrogens (tertiary/aromatic N) is 4. The number of nitrogens with one attached hydrogen (secondary N) is 3. The molecule has 3 aliphatic heterocycles. The Morgan fingerprint density at radius 1 is 0.426 bits per heavy atom. The second-order valence-electron chi connectivity index (χ2n) is 25.4. The second kappa shape index (κ2) is 35.7. The molecule has 4 aromatic carbocycles. The van der Waals surface area contributed by atoms with Crippen LogP contribution in [0.25, 0.3) is 0 Å². The van der Waals surface area contributed by atoms with Gasteiger partial charge in [-0.05, 0) is 203 Å². The zero-order valence-electron chi connectivity index (χ0n) is 59.2. The number of amides is 3. The Hall–Kier alpha value is -8.74. The van der Waals surface area contributed by atoms with Crippen LogP contribution in [-0.2, 0) is 27.9 Å². The highest BCUT2D eigenvalue weighted by Gasteiger charge is 2.64. The zero-order chi connectivity index (χ0) is 74.7. The van der Waals surface area contributed by atoms with E-state index in [0.29, 0.717) is 51.6 Å². The van der Waals surface area contributed by atoms with Crippen LogP contribution in [0.1, 0.15) is 125 Å². The Morgan fingerprint density at radius 3 is 1.06 bits per heavy atom. The van der Waals surface area contributed by atoms with E-state index in [1.54, 1.807) is 128 Å². The maximum Gasteiger partial charge on any atom is 0.494 e. The van der Waals surface area contributed by atoms with Gasteiger partial charge in [0.15, 0.2) is 0 Å². The second-order valence-corrected chi connectivity index (χ2v) is 27.2. The van der Waals surface area contributed by atoms with E-state index in [-0.39, 0.29) is 62.5 Å². The van der Waals surface area contributed by atoms with Crippen molar-refractivity contribution in [2.45, 2.75) is 117 Å². The molecule has 3 fully saturated rings. The van der Waals surface area contributed by atoms with Crippen LogP contribution in [0.4, 0.5) is 23.3 Å². The van der Waals surface area contributed by atoms with Gasteiger partial charge in [0.1, 0.15) is 51.8 Å². The molecule has 4 aromatic heterocycles. The molecule has 532 valence electrons. The SMILES string of the molecule is CC1(C)OB(B2OC(C)(C)C(C)(C)O2)OC1(C)C.COc1cc(B(O)O)ccc1C(=O)Nc1ccccn1.COc1cc(B2OC(C)(C)C(C)(C)O2)ccc1C(=O)Nc1ccccn1.COc1cc(Br)ccc1C(=O)Nc1ccccn1.COc1cc(Br)ccc1C(=O)O.Nc1ccccn1. The molecule has 0 atom stereocenters. The number of aromatic nitrogens is 4. The van der Waals surface area contributed by atoms with Gasteiger partial charge in [0.2, 0.25) is 0 Å². The fourth-order valence-electron chi connectivity index (χ4n) is 9.01. The number of carboxylic acid groups (broad SMARTS) is 1. The summed E-state index contributed by atoms with van der Waals surface area (Å²) in [6.45, 7) is 24.2. The van der Waals surface area contributed by atoms with Crippen LogP contribution >= 0.6 is 31.9 Å². The molecule has 8 N–H and O–H groups in total. The number of ether oxygens (including phenoxy) is 4. The van der Waals surface area contributed by atoms with Crippen LogP contribution < -0.4 is 51.6 Å². The van der Waals surface area contributed by atoms with Gasteiger partial charge in [-0.2, -0.15) is 0 Å². The van der Waals surface area contributed by atoms with Crippen molar-refractivity contribution in [1.29, 1.82) is 0 Å². The standard InChI is InChI=1S/C19H23BN2O4.C13H13BN2O4.C13H11BrN2O2.C12H24B2O4.C8H7BrO3.C5H6N2/c1-18(2)19(3,4)26-20(25-18)13-9-10-14(15(12-13)24-5)17(23)22-16-8-6-7-11-21-16;1-20-11-8-9(14(18)19)5-6-10(11)13(17)16-12-4-2-3-7-15-12;1-18-11-8-9(14)5-6-10(11)13(17)16-12-4-2-3-7-15-12;1-9(2)10(3,4)16-13(15-9)14-17-11(5,6)12(7,8)18-14;1-12-7-4-5(9)2-3-6(7)8(10)11;6-5-3-1-2-4-7-5/h6-12H,1-5H3,(H,21,22,23);2-8,18-19H,1H3,(H,15,16,17);2-8H,1H3,(H,15,16,17);1-8H3;2-4H,1H3,(H,10,11);1-4H,(H2,6,7). The fraction of sp³-hybridized carbons (Fsp3) is 0.314. The van der Waals surface area contributed by atoms with Gasteiger partial charge in [0, 0.05) is 33.7 Å². The molecule has 25 nitrogen and oxygen atoms in total. The Balaban J connectivity index is 0.000000197. The highest BCUT2D eigenvalue weighted by Crippen LogP contribution is 2.43. The number of carbonyl (C=O) groups excluding carboxylic acids is 3. The largest absolute Gasteiger partial charge is 0.496 e. The molecule has 0 aliphatic carbocycles. The number of carboxylic acids is 1. The van der Waals surface area contributed by atoms with Crippen molar-refractivity contribution in [2.24, 2.45) is 0 Å². The number of nitrogens with two attached hydrogens (primary N) is 1. The quantitative estimate of drug-likeness (QED) is 0.0497. The van der Waals surface area contributed by atoms with Crippen molar-refractivity contribution in [3.63, 3.8) is 0 Å². The first kappa shape index (κ1) is 81.2. The Kier molecular flexibility index (Phi) is 28.7. The zero-order valence-corrected chi connectivity index (χ0v) is 62.3. The first-order valence-electron chi connectivity index (χ1n) is 31.5. The summed E-state index contributed by atoms with van der Waals surface area (Å²) in [5, 5.41) is 35.0. The number of methoxy groups -OCH3 is 4. The van der Waals surface area contributed by atoms with E-state index in [1.807, 2.05) is 101 Å². The molecule has 11 rings (SSSR count). The number of aromatic carboxylic acids is 1. The molecule has 7 heterocycles. The van der Waals surface area contributed by atoms with Crippen LogP contribution in [0.3, 0.4) is 0 Å². The molecule has 3 amide bonds. The predicted octanol–water partition coefficient (Wildman–Crippen LogP) is 10.8. The Labute approximate surface area is 607 Å². The average Bonchev–Trinajstić information content (AvgIpc) is 1.60. The average molecular weight is 1510 g/mol. The summed E-state index contributed by atoms with van der Waals surface area (Å²) in [7, 11) is 2.82.